The third kappa shape index (κ3) is 4.42. The van der Waals surface area contributed by atoms with Crippen molar-refractivity contribution in [1.29, 1.82) is 0 Å². The third-order valence-electron chi connectivity index (χ3n) is 2.65. The summed E-state index contributed by atoms with van der Waals surface area (Å²) >= 11 is 3.11. The highest BCUT2D eigenvalue weighted by molar-refractivity contribution is 9.10. The van der Waals surface area contributed by atoms with Crippen LogP contribution in [0.5, 0.6) is 0 Å². The average Bonchev–Trinajstić information content (AvgIpc) is 2.24. The van der Waals surface area contributed by atoms with E-state index in [1.54, 1.807) is 20.8 Å². The number of carboxylic acid groups (broad SMARTS) is 1. The first-order valence-electron chi connectivity index (χ1n) is 6.16. The van der Waals surface area contributed by atoms with Gasteiger partial charge in [-0.15, -0.1) is 0 Å². The molecule has 0 fully saturated rings. The molecule has 0 saturated carbocycles. The van der Waals surface area contributed by atoms with Crippen LogP contribution < -0.4 is 5.32 Å². The van der Waals surface area contributed by atoms with Crippen LogP contribution in [0.4, 0.5) is 9.18 Å². The Morgan fingerprint density at radius 2 is 1.86 bits per heavy atom. The highest BCUT2D eigenvalue weighted by Gasteiger charge is 2.39. The summed E-state index contributed by atoms with van der Waals surface area (Å²) in [5.74, 6) is -1.81. The number of alkyl carbamates (subject to hydrolysis) is 1. The van der Waals surface area contributed by atoms with E-state index in [9.17, 15) is 19.1 Å². The number of ether oxygens (including phenoxy) is 1. The van der Waals surface area contributed by atoms with Crippen LogP contribution in [0.15, 0.2) is 22.7 Å². The van der Waals surface area contributed by atoms with Gasteiger partial charge in [0, 0.05) is 10.0 Å². The van der Waals surface area contributed by atoms with Gasteiger partial charge in [-0.25, -0.2) is 14.0 Å². The van der Waals surface area contributed by atoms with E-state index in [1.807, 2.05) is 0 Å². The lowest BCUT2D eigenvalue weighted by Crippen LogP contribution is -2.51. The molecule has 116 valence electrons. The number of benzene rings is 1. The number of amides is 1. The van der Waals surface area contributed by atoms with Gasteiger partial charge in [-0.05, 0) is 39.8 Å². The molecule has 0 aromatic heterocycles. The van der Waals surface area contributed by atoms with Gasteiger partial charge >= 0.3 is 12.1 Å². The molecule has 0 saturated heterocycles. The van der Waals surface area contributed by atoms with E-state index in [0.29, 0.717) is 0 Å². The minimum absolute atomic E-state index is 0.210. The van der Waals surface area contributed by atoms with E-state index in [0.717, 1.165) is 12.1 Å². The maximum absolute atomic E-state index is 13.1. The highest BCUT2D eigenvalue weighted by atomic mass is 79.9. The van der Waals surface area contributed by atoms with Gasteiger partial charge in [0.05, 0.1) is 0 Å². The van der Waals surface area contributed by atoms with Gasteiger partial charge in [0.2, 0.25) is 0 Å². The lowest BCUT2D eigenvalue weighted by molar-refractivity contribution is -0.144. The maximum atomic E-state index is 13.1. The lowest BCUT2D eigenvalue weighted by atomic mass is 9.92. The molecular formula is C14H17BrFNO4. The molecule has 1 aromatic rings. The fourth-order valence-corrected chi connectivity index (χ4v) is 2.39. The van der Waals surface area contributed by atoms with Crippen molar-refractivity contribution in [2.24, 2.45) is 0 Å². The fraction of sp³-hybridized carbons (Fsp3) is 0.429. The predicted molar refractivity (Wildman–Crippen MR) is 78.5 cm³/mol. The standard InChI is InChI=1S/C14H17BrFNO4/c1-13(2,3)21-12(20)17-14(4,11(18)19)9-6-5-8(16)7-10(9)15/h5-7H,1-4H3,(H,17,20)(H,18,19). The van der Waals surface area contributed by atoms with Crippen LogP contribution in [0.1, 0.15) is 33.3 Å². The molecule has 1 aromatic carbocycles. The van der Waals surface area contributed by atoms with Crippen LogP contribution in [-0.4, -0.2) is 22.8 Å². The van der Waals surface area contributed by atoms with E-state index < -0.39 is 29.0 Å². The van der Waals surface area contributed by atoms with Crippen molar-refractivity contribution in [2.75, 3.05) is 0 Å². The van der Waals surface area contributed by atoms with Crippen LogP contribution in [0.25, 0.3) is 0 Å². The molecule has 0 heterocycles. The molecule has 21 heavy (non-hydrogen) atoms. The quantitative estimate of drug-likeness (QED) is 0.864. The summed E-state index contributed by atoms with van der Waals surface area (Å²) in [5, 5.41) is 11.8. The summed E-state index contributed by atoms with van der Waals surface area (Å²) in [5.41, 5.74) is -2.31. The Labute approximate surface area is 130 Å². The number of hydrogen-bond donors (Lipinski definition) is 2. The molecule has 0 aliphatic rings. The SMILES string of the molecule is CC(C)(C)OC(=O)NC(C)(C(=O)O)c1ccc(F)cc1Br. The van der Waals surface area contributed by atoms with Gasteiger partial charge in [-0.2, -0.15) is 0 Å². The van der Waals surface area contributed by atoms with E-state index in [2.05, 4.69) is 21.2 Å². The summed E-state index contributed by atoms with van der Waals surface area (Å²) in [6, 6.07) is 3.55. The van der Waals surface area contributed by atoms with Crippen LogP contribution in [0.3, 0.4) is 0 Å². The summed E-state index contributed by atoms with van der Waals surface area (Å²) in [6.45, 7) is 6.30. The number of halogens is 2. The predicted octanol–water partition coefficient (Wildman–Crippen LogP) is 3.41. The third-order valence-corrected chi connectivity index (χ3v) is 3.30. The van der Waals surface area contributed by atoms with E-state index >= 15 is 0 Å². The molecule has 0 aliphatic heterocycles. The molecule has 1 rings (SSSR count). The molecule has 0 radical (unpaired) electrons. The lowest BCUT2D eigenvalue weighted by Gasteiger charge is -2.29. The Balaban J connectivity index is 3.15. The first kappa shape index (κ1) is 17.4. The zero-order chi connectivity index (χ0) is 16.4. The van der Waals surface area contributed by atoms with Gasteiger partial charge in [-0.1, -0.05) is 22.0 Å². The second-order valence-electron chi connectivity index (χ2n) is 5.68. The largest absolute Gasteiger partial charge is 0.479 e. The Morgan fingerprint density at radius 1 is 1.29 bits per heavy atom. The molecule has 0 spiro atoms. The molecule has 1 unspecified atom stereocenters. The Hall–Kier alpha value is -1.63. The summed E-state index contributed by atoms with van der Waals surface area (Å²) < 4.78 is 18.4. The van der Waals surface area contributed by atoms with E-state index in [-0.39, 0.29) is 10.0 Å². The van der Waals surface area contributed by atoms with Gasteiger partial charge < -0.3 is 15.2 Å². The molecule has 1 amide bonds. The topological polar surface area (TPSA) is 75.6 Å². The second kappa shape index (κ2) is 6.01. The number of carbonyl (C=O) groups excluding carboxylic acids is 1. The number of carbonyl (C=O) groups is 2. The first-order chi connectivity index (χ1) is 9.45. The molecule has 1 atom stereocenters. The van der Waals surface area contributed by atoms with Crippen molar-refractivity contribution in [2.45, 2.75) is 38.8 Å². The number of nitrogens with one attached hydrogen (secondary N) is 1. The minimum Gasteiger partial charge on any atom is -0.479 e. The van der Waals surface area contributed by atoms with Crippen molar-refractivity contribution in [3.63, 3.8) is 0 Å². The van der Waals surface area contributed by atoms with Crippen molar-refractivity contribution >= 4 is 28.0 Å². The molecule has 7 heteroatoms. The summed E-state index contributed by atoms with van der Waals surface area (Å²) in [4.78, 5) is 23.4. The van der Waals surface area contributed by atoms with Gasteiger partial charge in [0.25, 0.3) is 0 Å². The van der Waals surface area contributed by atoms with Crippen LogP contribution >= 0.6 is 15.9 Å². The summed E-state index contributed by atoms with van der Waals surface area (Å²) in [7, 11) is 0. The Kier molecular flexibility index (Phi) is 4.99. The van der Waals surface area contributed by atoms with E-state index in [4.69, 9.17) is 4.74 Å². The molecule has 0 aliphatic carbocycles. The molecule has 5 nitrogen and oxygen atoms in total. The van der Waals surface area contributed by atoms with Gasteiger partial charge in [0.15, 0.2) is 5.54 Å². The van der Waals surface area contributed by atoms with Gasteiger partial charge in [-0.3, -0.25) is 0 Å². The normalized spacial score (nSPS) is 14.2. The molecular weight excluding hydrogens is 345 g/mol. The second-order valence-corrected chi connectivity index (χ2v) is 6.54. The number of aliphatic carboxylic acids is 1. The van der Waals surface area contributed by atoms with Crippen LogP contribution in [0.2, 0.25) is 0 Å². The highest BCUT2D eigenvalue weighted by Crippen LogP contribution is 2.30. The zero-order valence-corrected chi connectivity index (χ0v) is 13.7. The Morgan fingerprint density at radius 3 is 2.29 bits per heavy atom. The van der Waals surface area contributed by atoms with Crippen molar-refractivity contribution in [3.8, 4) is 0 Å². The van der Waals surface area contributed by atoms with Crippen molar-refractivity contribution in [1.82, 2.24) is 5.32 Å². The summed E-state index contributed by atoms with van der Waals surface area (Å²) in [6.07, 6.45) is -0.872. The van der Waals surface area contributed by atoms with Crippen LogP contribution in [-0.2, 0) is 15.1 Å². The van der Waals surface area contributed by atoms with Crippen LogP contribution in [0, 0.1) is 5.82 Å². The van der Waals surface area contributed by atoms with Crippen molar-refractivity contribution in [3.05, 3.63) is 34.1 Å². The first-order valence-corrected chi connectivity index (χ1v) is 6.95. The minimum atomic E-state index is -1.76. The van der Waals surface area contributed by atoms with E-state index in [1.165, 1.54) is 13.0 Å². The zero-order valence-electron chi connectivity index (χ0n) is 12.2. The number of hydrogen-bond acceptors (Lipinski definition) is 3. The van der Waals surface area contributed by atoms with Gasteiger partial charge in [0.1, 0.15) is 11.4 Å². The maximum Gasteiger partial charge on any atom is 0.408 e. The monoisotopic (exact) mass is 361 g/mol. The number of rotatable bonds is 3. The van der Waals surface area contributed by atoms with Crippen molar-refractivity contribution < 1.29 is 23.8 Å². The smallest absolute Gasteiger partial charge is 0.408 e. The molecule has 2 N–H and O–H groups in total. The molecule has 0 bridgehead atoms. The fourth-order valence-electron chi connectivity index (χ4n) is 1.64. The average molecular weight is 362 g/mol. The number of carboxylic acids is 1. The Bertz CT molecular complexity index is 571.